The molecule has 0 amide bonds. The van der Waals surface area contributed by atoms with Crippen LogP contribution in [0.3, 0.4) is 0 Å². The third-order valence-corrected chi connectivity index (χ3v) is 13.5. The molecule has 3 aromatic rings. The van der Waals surface area contributed by atoms with Crippen LogP contribution < -0.4 is 0 Å². The molecule has 14 atom stereocenters. The fourth-order valence-electron chi connectivity index (χ4n) is 9.90. The molecule has 0 aliphatic carbocycles. The molecule has 0 saturated carbocycles. The van der Waals surface area contributed by atoms with Gasteiger partial charge in [-0.1, -0.05) is 57.1 Å². The number of ether oxygens (including phenoxy) is 7. The van der Waals surface area contributed by atoms with Gasteiger partial charge in [-0.3, -0.25) is 9.78 Å². The number of likely N-dealkylation sites (N-methyl/N-ethyl adjacent to an activating group) is 1. The first-order valence-electron chi connectivity index (χ1n) is 23.1. The maximum atomic E-state index is 14.6. The SMILES string of the molecule is CC[C@H]1OC(=O)[C@H](C)[C@@H](O/C=C\Cc2cncnc2)[C@H](C)[C@@H](O[C@@H]2O[C@H](C)C[C@H](N(C)C)[C@H]2O)[C@](C)(OC)C[C@@H](C)/C(=N\OC/C=C/c2cnc3ccccc3c2)[C@H](C)[C@H]2OC(=O)O[C@@]21C. The van der Waals surface area contributed by atoms with Crippen molar-refractivity contribution in [3.8, 4) is 0 Å². The average Bonchev–Trinajstić information content (AvgIpc) is 3.62. The molecule has 3 aliphatic rings. The Kier molecular flexibility index (Phi) is 17.0. The zero-order valence-corrected chi connectivity index (χ0v) is 40.2. The minimum Gasteiger partial charge on any atom is -0.497 e. The molecule has 360 valence electrons. The van der Waals surface area contributed by atoms with Gasteiger partial charge in [-0.15, -0.1) is 0 Å². The molecule has 0 radical (unpaired) electrons. The van der Waals surface area contributed by atoms with Gasteiger partial charge in [0.2, 0.25) is 0 Å². The van der Waals surface area contributed by atoms with Gasteiger partial charge in [0.05, 0.1) is 41.2 Å². The van der Waals surface area contributed by atoms with E-state index in [1.165, 1.54) is 6.33 Å². The van der Waals surface area contributed by atoms with Crippen molar-refractivity contribution in [1.82, 2.24) is 19.9 Å². The van der Waals surface area contributed by atoms with Crippen molar-refractivity contribution in [1.29, 1.82) is 0 Å². The van der Waals surface area contributed by atoms with Crippen LogP contribution in [0.5, 0.6) is 0 Å². The monoisotopic (exact) mass is 915 g/mol. The van der Waals surface area contributed by atoms with E-state index < -0.39 is 83.8 Å². The zero-order chi connectivity index (χ0) is 47.8. The number of allylic oxidation sites excluding steroid dienone is 1. The molecule has 5 heterocycles. The number of cyclic esters (lactones) is 1. The normalized spacial score (nSPS) is 35.4. The number of hydrogen-bond acceptors (Lipinski definition) is 16. The molecule has 0 spiro atoms. The van der Waals surface area contributed by atoms with Crippen LogP contribution in [-0.4, -0.2) is 131 Å². The average molecular weight is 916 g/mol. The Morgan fingerprint density at radius 3 is 2.45 bits per heavy atom. The van der Waals surface area contributed by atoms with Gasteiger partial charge in [-0.05, 0) is 103 Å². The fraction of sp³-hybridized carbons (Fsp3) is 0.600. The highest BCUT2D eigenvalue weighted by molar-refractivity contribution is 5.89. The number of methoxy groups -OCH3 is 1. The van der Waals surface area contributed by atoms with Crippen LogP contribution in [-0.2, 0) is 49.2 Å². The molecule has 0 bridgehead atoms. The standard InChI is InChI=1S/C50H69N5O11/c1-12-40-50(8)45(65-48(58)66-50)32(4)41(54-61-22-16-17-35-24-37-19-13-14-20-38(37)53-28-35)30(2)25-49(7,59-11)44(64-47-42(56)39(55(9)10)23-31(3)62-47)33(5)43(34(6)46(57)63-40)60-21-15-18-36-26-51-29-52-27-36/h13-17,19-21,24,26-34,39-40,42-45,47,56H,12,18,22-23,25H2,1-11H3/b17-16+,21-15-,54-41+/t30-,31-,32+,33+,34-,39+,40-,42-,43+,44-,45-,47+,49-,50-/m1/s1. The number of oxime groups is 1. The van der Waals surface area contributed by atoms with E-state index in [2.05, 4.69) is 21.0 Å². The molecule has 3 fully saturated rings. The molecule has 1 aromatic carbocycles. The number of benzene rings is 1. The highest BCUT2D eigenvalue weighted by Gasteiger charge is 2.59. The summed E-state index contributed by atoms with van der Waals surface area (Å²) in [6, 6.07) is 9.70. The van der Waals surface area contributed by atoms with E-state index in [9.17, 15) is 14.7 Å². The van der Waals surface area contributed by atoms with Crippen molar-refractivity contribution < 1.29 is 52.7 Å². The summed E-state index contributed by atoms with van der Waals surface area (Å²) in [5.41, 5.74) is 0.679. The quantitative estimate of drug-likeness (QED) is 0.0778. The van der Waals surface area contributed by atoms with Crippen molar-refractivity contribution in [3.63, 3.8) is 0 Å². The van der Waals surface area contributed by atoms with Gasteiger partial charge in [-0.2, -0.15) is 0 Å². The van der Waals surface area contributed by atoms with E-state index >= 15 is 0 Å². The summed E-state index contributed by atoms with van der Waals surface area (Å²) in [5.74, 6) is -3.08. The van der Waals surface area contributed by atoms with Gasteiger partial charge in [0.25, 0.3) is 0 Å². The molecular formula is C50H69N5O11. The first-order chi connectivity index (χ1) is 31.5. The Hall–Kier alpha value is -5.00. The largest absolute Gasteiger partial charge is 0.509 e. The molecular weight excluding hydrogens is 847 g/mol. The second-order valence-electron chi connectivity index (χ2n) is 18.7. The van der Waals surface area contributed by atoms with Crippen molar-refractivity contribution in [3.05, 3.63) is 84.8 Å². The van der Waals surface area contributed by atoms with Crippen LogP contribution in [0, 0.1) is 23.7 Å². The molecule has 1 N–H and O–H groups in total. The fourth-order valence-corrected chi connectivity index (χ4v) is 9.90. The summed E-state index contributed by atoms with van der Waals surface area (Å²) in [6.07, 6.45) is 8.76. The zero-order valence-electron chi connectivity index (χ0n) is 40.2. The van der Waals surface area contributed by atoms with E-state index in [1.54, 1.807) is 45.8 Å². The van der Waals surface area contributed by atoms with E-state index in [4.69, 9.17) is 43.2 Å². The number of hydrogen-bond donors (Lipinski definition) is 1. The Morgan fingerprint density at radius 2 is 1.74 bits per heavy atom. The number of pyridine rings is 1. The minimum absolute atomic E-state index is 0.122. The Bertz CT molecular complexity index is 2170. The number of carbonyl (C=O) groups excluding carboxylic acids is 2. The lowest BCUT2D eigenvalue weighted by atomic mass is 9.73. The Labute approximate surface area is 389 Å². The van der Waals surface area contributed by atoms with E-state index in [1.807, 2.05) is 103 Å². The van der Waals surface area contributed by atoms with Crippen molar-refractivity contribution in [2.45, 2.75) is 141 Å². The molecule has 6 rings (SSSR count). The third-order valence-electron chi connectivity index (χ3n) is 13.5. The maximum absolute atomic E-state index is 14.6. The smallest absolute Gasteiger partial charge is 0.497 e. The molecule has 16 nitrogen and oxygen atoms in total. The van der Waals surface area contributed by atoms with E-state index in [0.29, 0.717) is 31.4 Å². The maximum Gasteiger partial charge on any atom is 0.509 e. The van der Waals surface area contributed by atoms with E-state index in [0.717, 1.165) is 22.0 Å². The number of fused-ring (bicyclic) bond motifs is 2. The van der Waals surface area contributed by atoms with Gasteiger partial charge < -0.3 is 48.0 Å². The topological polar surface area (TPSA) is 182 Å². The number of carbonyl (C=O) groups is 2. The van der Waals surface area contributed by atoms with Crippen LogP contribution >= 0.6 is 0 Å². The van der Waals surface area contributed by atoms with Crippen molar-refractivity contribution in [2.75, 3.05) is 27.8 Å². The van der Waals surface area contributed by atoms with Crippen LogP contribution in [0.25, 0.3) is 17.0 Å². The van der Waals surface area contributed by atoms with Gasteiger partial charge in [0.1, 0.15) is 31.2 Å². The van der Waals surface area contributed by atoms with Crippen molar-refractivity contribution in [2.24, 2.45) is 28.8 Å². The van der Waals surface area contributed by atoms with Gasteiger partial charge >= 0.3 is 12.1 Å². The third kappa shape index (κ3) is 11.6. The molecule has 66 heavy (non-hydrogen) atoms. The second-order valence-corrected chi connectivity index (χ2v) is 18.7. The number of nitrogens with zero attached hydrogens (tertiary/aromatic N) is 5. The predicted molar refractivity (Wildman–Crippen MR) is 248 cm³/mol. The number of esters is 1. The van der Waals surface area contributed by atoms with Crippen LogP contribution in [0.4, 0.5) is 4.79 Å². The summed E-state index contributed by atoms with van der Waals surface area (Å²) in [7, 11) is 5.44. The number of aliphatic hydroxyl groups excluding tert-OH is 1. The Morgan fingerprint density at radius 1 is 1.00 bits per heavy atom. The Balaban J connectivity index is 1.41. The molecule has 3 saturated heterocycles. The summed E-state index contributed by atoms with van der Waals surface area (Å²) in [5, 5.41) is 17.6. The molecule has 2 aromatic heterocycles. The molecule has 3 aliphatic heterocycles. The van der Waals surface area contributed by atoms with Gasteiger partial charge in [0, 0.05) is 54.9 Å². The van der Waals surface area contributed by atoms with Crippen LogP contribution in [0.15, 0.2) is 78.8 Å². The molecule has 16 heteroatoms. The van der Waals surface area contributed by atoms with Crippen LogP contribution in [0.2, 0.25) is 0 Å². The number of aromatic nitrogens is 3. The summed E-state index contributed by atoms with van der Waals surface area (Å²) in [6.45, 7) is 15.2. The predicted octanol–water partition coefficient (Wildman–Crippen LogP) is 7.33. The second kappa shape index (κ2) is 22.2. The van der Waals surface area contributed by atoms with E-state index in [-0.39, 0.29) is 18.8 Å². The van der Waals surface area contributed by atoms with Crippen LogP contribution in [0.1, 0.15) is 85.8 Å². The first-order valence-corrected chi connectivity index (χ1v) is 23.1. The lowest BCUT2D eigenvalue weighted by molar-refractivity contribution is -0.301. The highest BCUT2D eigenvalue weighted by Crippen LogP contribution is 2.43. The highest BCUT2D eigenvalue weighted by atomic mass is 16.8. The summed E-state index contributed by atoms with van der Waals surface area (Å²) >= 11 is 0. The minimum atomic E-state index is -1.40. The number of rotatable bonds is 13. The lowest BCUT2D eigenvalue weighted by Gasteiger charge is -2.48. The lowest BCUT2D eigenvalue weighted by Crippen LogP contribution is -2.60. The summed E-state index contributed by atoms with van der Waals surface area (Å²) < 4.78 is 44.8. The summed E-state index contributed by atoms with van der Waals surface area (Å²) in [4.78, 5) is 48.6. The number of para-hydroxylation sites is 1. The van der Waals surface area contributed by atoms with Gasteiger partial charge in [-0.25, -0.2) is 14.8 Å². The number of aliphatic hydroxyl groups is 1. The van der Waals surface area contributed by atoms with Crippen molar-refractivity contribution >= 4 is 34.8 Å². The first kappa shape index (κ1) is 50.4. The molecule has 0 unspecified atom stereocenters. The van der Waals surface area contributed by atoms with Gasteiger partial charge in [0.15, 0.2) is 18.0 Å².